The van der Waals surface area contributed by atoms with Gasteiger partial charge >= 0.3 is 0 Å². The SMILES string of the molecule is N#CC(C#N)=C(C#N)Nc1ccc(N2CCCC2)c(Cl)c1. The number of halogens is 1. The van der Waals surface area contributed by atoms with Crippen molar-refractivity contribution in [3.8, 4) is 18.2 Å². The monoisotopic (exact) mass is 297 g/mol. The molecule has 1 aliphatic heterocycles. The Morgan fingerprint density at radius 1 is 1.10 bits per heavy atom. The summed E-state index contributed by atoms with van der Waals surface area (Å²) in [5.74, 6) is 0. The van der Waals surface area contributed by atoms with Crippen LogP contribution in [0.25, 0.3) is 0 Å². The number of hydrogen-bond acceptors (Lipinski definition) is 5. The highest BCUT2D eigenvalue weighted by Crippen LogP contribution is 2.31. The smallest absolute Gasteiger partial charge is 0.163 e. The molecule has 0 radical (unpaired) electrons. The summed E-state index contributed by atoms with van der Waals surface area (Å²) >= 11 is 6.27. The molecule has 1 saturated heterocycles. The van der Waals surface area contributed by atoms with Gasteiger partial charge in [-0.05, 0) is 31.0 Å². The minimum Gasteiger partial charge on any atom is -0.370 e. The molecule has 1 heterocycles. The summed E-state index contributed by atoms with van der Waals surface area (Å²) < 4.78 is 0. The van der Waals surface area contributed by atoms with E-state index in [1.54, 1.807) is 24.3 Å². The fourth-order valence-electron chi connectivity index (χ4n) is 2.23. The van der Waals surface area contributed by atoms with Gasteiger partial charge in [-0.1, -0.05) is 11.6 Å². The zero-order valence-electron chi connectivity index (χ0n) is 11.2. The first kappa shape index (κ1) is 14.7. The Morgan fingerprint density at radius 3 is 2.29 bits per heavy atom. The predicted molar refractivity (Wildman–Crippen MR) is 80.4 cm³/mol. The van der Waals surface area contributed by atoms with E-state index in [4.69, 9.17) is 27.4 Å². The second-order valence-electron chi connectivity index (χ2n) is 4.57. The lowest BCUT2D eigenvalue weighted by atomic mass is 10.2. The number of benzene rings is 1. The van der Waals surface area contributed by atoms with Gasteiger partial charge in [0.25, 0.3) is 0 Å². The molecule has 0 spiro atoms. The summed E-state index contributed by atoms with van der Waals surface area (Å²) in [5, 5.41) is 29.9. The lowest BCUT2D eigenvalue weighted by molar-refractivity contribution is 0.949. The van der Waals surface area contributed by atoms with E-state index in [0.29, 0.717) is 10.7 Å². The Balaban J connectivity index is 2.25. The van der Waals surface area contributed by atoms with Gasteiger partial charge in [-0.3, -0.25) is 0 Å². The van der Waals surface area contributed by atoms with Crippen molar-refractivity contribution in [2.75, 3.05) is 23.3 Å². The number of nitrogens with zero attached hydrogens (tertiary/aromatic N) is 4. The molecule has 0 aromatic heterocycles. The van der Waals surface area contributed by atoms with Crippen molar-refractivity contribution < 1.29 is 0 Å². The summed E-state index contributed by atoms with van der Waals surface area (Å²) in [6.07, 6.45) is 2.32. The Labute approximate surface area is 128 Å². The van der Waals surface area contributed by atoms with Gasteiger partial charge in [-0.25, -0.2) is 0 Å². The summed E-state index contributed by atoms with van der Waals surface area (Å²) in [7, 11) is 0. The molecule has 104 valence electrons. The number of rotatable bonds is 3. The van der Waals surface area contributed by atoms with Crippen molar-refractivity contribution in [3.05, 3.63) is 34.5 Å². The van der Waals surface area contributed by atoms with Gasteiger partial charge in [-0.15, -0.1) is 0 Å². The van der Waals surface area contributed by atoms with Crippen molar-refractivity contribution in [2.45, 2.75) is 12.8 Å². The van der Waals surface area contributed by atoms with Crippen molar-refractivity contribution in [1.29, 1.82) is 15.8 Å². The molecule has 0 amide bonds. The normalized spacial score (nSPS) is 13.0. The Hall–Kier alpha value is -2.68. The van der Waals surface area contributed by atoms with Crippen molar-refractivity contribution in [3.63, 3.8) is 0 Å². The maximum atomic E-state index is 9.00. The maximum Gasteiger partial charge on any atom is 0.163 e. The highest BCUT2D eigenvalue weighted by molar-refractivity contribution is 6.33. The number of allylic oxidation sites excluding steroid dienone is 2. The van der Waals surface area contributed by atoms with E-state index in [0.717, 1.165) is 31.6 Å². The fourth-order valence-corrected chi connectivity index (χ4v) is 2.53. The fraction of sp³-hybridized carbons (Fsp3) is 0.267. The molecule has 5 nitrogen and oxygen atoms in total. The minimum absolute atomic E-state index is 0.0787. The standard InChI is InChI=1S/C15H12ClN5/c16-13-7-12(20-14(10-19)11(8-17)9-18)3-4-15(13)21-5-1-2-6-21/h3-4,7,20H,1-2,5-6H2. The first-order chi connectivity index (χ1) is 10.2. The molecule has 0 aliphatic carbocycles. The van der Waals surface area contributed by atoms with E-state index in [1.807, 2.05) is 12.1 Å². The van der Waals surface area contributed by atoms with Crippen LogP contribution in [-0.4, -0.2) is 13.1 Å². The average molecular weight is 298 g/mol. The highest BCUT2D eigenvalue weighted by atomic mass is 35.5. The van der Waals surface area contributed by atoms with Crippen LogP contribution >= 0.6 is 11.6 Å². The van der Waals surface area contributed by atoms with E-state index in [9.17, 15) is 0 Å². The van der Waals surface area contributed by atoms with Crippen molar-refractivity contribution >= 4 is 23.0 Å². The van der Waals surface area contributed by atoms with Crippen LogP contribution in [0.1, 0.15) is 12.8 Å². The van der Waals surface area contributed by atoms with Crippen LogP contribution in [0, 0.1) is 34.0 Å². The van der Waals surface area contributed by atoms with Gasteiger partial charge in [-0.2, -0.15) is 15.8 Å². The highest BCUT2D eigenvalue weighted by Gasteiger charge is 2.15. The molecule has 2 rings (SSSR count). The Kier molecular flexibility index (Phi) is 4.67. The van der Waals surface area contributed by atoms with Crippen LogP contribution in [0.15, 0.2) is 29.5 Å². The second kappa shape index (κ2) is 6.66. The van der Waals surface area contributed by atoms with Gasteiger partial charge < -0.3 is 10.2 Å². The molecule has 1 fully saturated rings. The molecule has 1 aliphatic rings. The molecular formula is C15H12ClN5. The molecule has 0 bridgehead atoms. The van der Waals surface area contributed by atoms with E-state index < -0.39 is 0 Å². The first-order valence-corrected chi connectivity index (χ1v) is 6.83. The minimum atomic E-state index is -0.253. The Morgan fingerprint density at radius 2 is 1.76 bits per heavy atom. The van der Waals surface area contributed by atoms with Crippen LogP contribution in [-0.2, 0) is 0 Å². The van der Waals surface area contributed by atoms with Gasteiger partial charge in [0.05, 0.1) is 10.7 Å². The molecule has 1 aromatic rings. The summed E-state index contributed by atoms with van der Waals surface area (Å²) in [6.45, 7) is 1.98. The van der Waals surface area contributed by atoms with Gasteiger partial charge in [0.2, 0.25) is 0 Å². The Bertz CT molecular complexity index is 680. The first-order valence-electron chi connectivity index (χ1n) is 6.45. The molecular weight excluding hydrogens is 286 g/mol. The maximum absolute atomic E-state index is 9.00. The lowest BCUT2D eigenvalue weighted by Crippen LogP contribution is -2.17. The third-order valence-electron chi connectivity index (χ3n) is 3.25. The molecule has 0 saturated carbocycles. The third-order valence-corrected chi connectivity index (χ3v) is 3.55. The van der Waals surface area contributed by atoms with E-state index >= 15 is 0 Å². The third kappa shape index (κ3) is 3.26. The summed E-state index contributed by atoms with van der Waals surface area (Å²) in [5.41, 5.74) is 1.20. The van der Waals surface area contributed by atoms with Gasteiger partial charge in [0, 0.05) is 18.8 Å². The van der Waals surface area contributed by atoms with Crippen LogP contribution in [0.2, 0.25) is 5.02 Å². The topological polar surface area (TPSA) is 86.6 Å². The van der Waals surface area contributed by atoms with E-state index in [1.165, 1.54) is 0 Å². The van der Waals surface area contributed by atoms with Crippen molar-refractivity contribution in [1.82, 2.24) is 0 Å². The molecule has 6 heteroatoms. The molecule has 0 unspecified atom stereocenters. The number of nitriles is 3. The average Bonchev–Trinajstić information content (AvgIpc) is 3.01. The number of hydrogen-bond donors (Lipinski definition) is 1. The van der Waals surface area contributed by atoms with Crippen LogP contribution < -0.4 is 10.2 Å². The van der Waals surface area contributed by atoms with E-state index in [-0.39, 0.29) is 11.3 Å². The molecule has 0 atom stereocenters. The van der Waals surface area contributed by atoms with Gasteiger partial charge in [0.1, 0.15) is 23.9 Å². The summed E-state index contributed by atoms with van der Waals surface area (Å²) in [6, 6.07) is 10.5. The predicted octanol–water partition coefficient (Wildman–Crippen LogP) is 3.18. The quantitative estimate of drug-likeness (QED) is 0.866. The van der Waals surface area contributed by atoms with Crippen LogP contribution in [0.4, 0.5) is 11.4 Å². The molecule has 21 heavy (non-hydrogen) atoms. The summed E-state index contributed by atoms with van der Waals surface area (Å²) in [4.78, 5) is 2.21. The molecule has 1 aromatic carbocycles. The van der Waals surface area contributed by atoms with Crippen LogP contribution in [0.3, 0.4) is 0 Å². The van der Waals surface area contributed by atoms with Gasteiger partial charge in [0.15, 0.2) is 5.57 Å². The van der Waals surface area contributed by atoms with E-state index in [2.05, 4.69) is 10.2 Å². The zero-order chi connectivity index (χ0) is 15.2. The molecule has 1 N–H and O–H groups in total. The zero-order valence-corrected chi connectivity index (χ0v) is 12.0. The van der Waals surface area contributed by atoms with Crippen molar-refractivity contribution in [2.24, 2.45) is 0 Å². The number of anilines is 2. The lowest BCUT2D eigenvalue weighted by Gasteiger charge is -2.19. The second-order valence-corrected chi connectivity index (χ2v) is 4.98. The number of nitrogens with one attached hydrogen (secondary N) is 1. The largest absolute Gasteiger partial charge is 0.370 e. The van der Waals surface area contributed by atoms with Crippen LogP contribution in [0.5, 0.6) is 0 Å².